The quantitative estimate of drug-likeness (QED) is 0.760. The number of benzene rings is 1. The number of anilines is 1. The summed E-state index contributed by atoms with van der Waals surface area (Å²) in [6, 6.07) is 6.39. The standard InChI is InChI=1S/C19H20FN5O/c1-11(2)18-24-23-17-4-3-14(10-25(17)18)22-19(26)16-8-13(20)7-12-9-21-6-5-15(12)16/h3-4,7-8,10-11,21H,5-6,9H2,1-2H3,(H,22,26). The van der Waals surface area contributed by atoms with E-state index in [9.17, 15) is 9.18 Å². The number of nitrogens with one attached hydrogen (secondary N) is 2. The maximum atomic E-state index is 13.9. The fourth-order valence-corrected chi connectivity index (χ4v) is 3.36. The van der Waals surface area contributed by atoms with Crippen molar-refractivity contribution in [3.05, 3.63) is 58.8 Å². The number of nitrogens with zero attached hydrogens (tertiary/aromatic N) is 3. The van der Waals surface area contributed by atoms with Crippen molar-refractivity contribution in [2.75, 3.05) is 11.9 Å². The Morgan fingerprint density at radius 2 is 2.15 bits per heavy atom. The smallest absolute Gasteiger partial charge is 0.256 e. The maximum Gasteiger partial charge on any atom is 0.256 e. The van der Waals surface area contributed by atoms with Crippen molar-refractivity contribution >= 4 is 17.2 Å². The molecule has 0 saturated carbocycles. The summed E-state index contributed by atoms with van der Waals surface area (Å²) in [5.41, 5.74) is 3.50. The molecule has 134 valence electrons. The van der Waals surface area contributed by atoms with E-state index in [1.165, 1.54) is 12.1 Å². The number of amides is 1. The summed E-state index contributed by atoms with van der Waals surface area (Å²) in [7, 11) is 0. The highest BCUT2D eigenvalue weighted by molar-refractivity contribution is 6.05. The number of pyridine rings is 1. The molecule has 1 amide bonds. The second-order valence-electron chi connectivity index (χ2n) is 6.83. The van der Waals surface area contributed by atoms with E-state index in [2.05, 4.69) is 20.8 Å². The number of fused-ring (bicyclic) bond motifs is 2. The van der Waals surface area contributed by atoms with E-state index in [4.69, 9.17) is 0 Å². The van der Waals surface area contributed by atoms with Crippen LogP contribution in [0.25, 0.3) is 5.65 Å². The highest BCUT2D eigenvalue weighted by Gasteiger charge is 2.20. The van der Waals surface area contributed by atoms with Crippen molar-refractivity contribution in [2.45, 2.75) is 32.7 Å². The lowest BCUT2D eigenvalue weighted by molar-refractivity contribution is 0.102. The summed E-state index contributed by atoms with van der Waals surface area (Å²) >= 11 is 0. The van der Waals surface area contributed by atoms with E-state index in [0.29, 0.717) is 24.2 Å². The van der Waals surface area contributed by atoms with Gasteiger partial charge in [0.2, 0.25) is 0 Å². The molecule has 0 bridgehead atoms. The average Bonchev–Trinajstić information content (AvgIpc) is 3.04. The monoisotopic (exact) mass is 353 g/mol. The van der Waals surface area contributed by atoms with Gasteiger partial charge in [-0.2, -0.15) is 0 Å². The molecule has 2 N–H and O–H groups in total. The van der Waals surface area contributed by atoms with Crippen LogP contribution < -0.4 is 10.6 Å². The molecular formula is C19H20FN5O. The summed E-state index contributed by atoms with van der Waals surface area (Å²) < 4.78 is 15.8. The number of hydrogen-bond acceptors (Lipinski definition) is 4. The van der Waals surface area contributed by atoms with Gasteiger partial charge in [-0.1, -0.05) is 13.8 Å². The predicted octanol–water partition coefficient (Wildman–Crippen LogP) is 2.89. The Labute approximate surface area is 150 Å². The Balaban J connectivity index is 1.67. The normalized spacial score (nSPS) is 13.8. The van der Waals surface area contributed by atoms with Crippen molar-refractivity contribution in [3.63, 3.8) is 0 Å². The Morgan fingerprint density at radius 1 is 1.31 bits per heavy atom. The van der Waals surface area contributed by atoms with E-state index in [-0.39, 0.29) is 11.8 Å². The first-order valence-corrected chi connectivity index (χ1v) is 8.71. The molecule has 26 heavy (non-hydrogen) atoms. The van der Waals surface area contributed by atoms with E-state index in [1.54, 1.807) is 18.3 Å². The van der Waals surface area contributed by atoms with Crippen molar-refractivity contribution in [1.82, 2.24) is 19.9 Å². The van der Waals surface area contributed by atoms with E-state index in [1.807, 2.05) is 18.2 Å². The minimum atomic E-state index is -0.394. The first-order chi connectivity index (χ1) is 12.5. The van der Waals surface area contributed by atoms with Crippen LogP contribution in [0.1, 0.15) is 47.1 Å². The molecular weight excluding hydrogens is 333 g/mol. The molecule has 2 aromatic heterocycles. The zero-order chi connectivity index (χ0) is 18.3. The van der Waals surface area contributed by atoms with Gasteiger partial charge < -0.3 is 10.6 Å². The lowest BCUT2D eigenvalue weighted by atomic mass is 9.94. The Hall–Kier alpha value is -2.80. The summed E-state index contributed by atoms with van der Waals surface area (Å²) in [5, 5.41) is 14.4. The van der Waals surface area contributed by atoms with Crippen LogP contribution in [-0.4, -0.2) is 27.0 Å². The molecule has 4 rings (SSSR count). The third-order valence-electron chi connectivity index (χ3n) is 4.62. The third-order valence-corrected chi connectivity index (χ3v) is 4.62. The van der Waals surface area contributed by atoms with E-state index >= 15 is 0 Å². The van der Waals surface area contributed by atoms with Gasteiger partial charge in [-0.05, 0) is 48.4 Å². The van der Waals surface area contributed by atoms with Gasteiger partial charge in [0.1, 0.15) is 11.6 Å². The number of carbonyl (C=O) groups excluding carboxylic acids is 1. The second kappa shape index (κ2) is 6.49. The minimum absolute atomic E-state index is 0.207. The van der Waals surface area contributed by atoms with Gasteiger partial charge in [0, 0.05) is 24.2 Å². The SMILES string of the molecule is CC(C)c1nnc2ccc(NC(=O)c3cc(F)cc4c3CCNC4)cn12. The second-order valence-corrected chi connectivity index (χ2v) is 6.83. The van der Waals surface area contributed by atoms with Crippen LogP contribution >= 0.6 is 0 Å². The molecule has 0 spiro atoms. The largest absolute Gasteiger partial charge is 0.321 e. The van der Waals surface area contributed by atoms with Crippen molar-refractivity contribution < 1.29 is 9.18 Å². The van der Waals surface area contributed by atoms with Gasteiger partial charge in [-0.25, -0.2) is 4.39 Å². The highest BCUT2D eigenvalue weighted by atomic mass is 19.1. The summed E-state index contributed by atoms with van der Waals surface area (Å²) in [5.74, 6) is 0.333. The van der Waals surface area contributed by atoms with Crippen LogP contribution in [-0.2, 0) is 13.0 Å². The van der Waals surface area contributed by atoms with Gasteiger partial charge in [0.15, 0.2) is 5.65 Å². The van der Waals surface area contributed by atoms with Crippen molar-refractivity contribution in [2.24, 2.45) is 0 Å². The Bertz CT molecular complexity index is 995. The molecule has 0 unspecified atom stereocenters. The topological polar surface area (TPSA) is 71.3 Å². The molecule has 3 aromatic rings. The zero-order valence-corrected chi connectivity index (χ0v) is 14.7. The predicted molar refractivity (Wildman–Crippen MR) is 96.8 cm³/mol. The number of carbonyl (C=O) groups is 1. The lowest BCUT2D eigenvalue weighted by Crippen LogP contribution is -2.27. The van der Waals surface area contributed by atoms with Gasteiger partial charge in [0.05, 0.1) is 5.69 Å². The molecule has 0 saturated heterocycles. The number of halogens is 1. The lowest BCUT2D eigenvalue weighted by Gasteiger charge is -2.20. The minimum Gasteiger partial charge on any atom is -0.321 e. The third kappa shape index (κ3) is 2.94. The van der Waals surface area contributed by atoms with Crippen LogP contribution in [0.2, 0.25) is 0 Å². The molecule has 7 heteroatoms. The molecule has 1 aliphatic rings. The summed E-state index contributed by atoms with van der Waals surface area (Å²) in [6.45, 7) is 5.44. The molecule has 6 nitrogen and oxygen atoms in total. The first kappa shape index (κ1) is 16.7. The van der Waals surface area contributed by atoms with Crippen LogP contribution in [0.3, 0.4) is 0 Å². The van der Waals surface area contributed by atoms with Gasteiger partial charge in [0.25, 0.3) is 5.91 Å². The molecule has 0 aliphatic carbocycles. The van der Waals surface area contributed by atoms with E-state index in [0.717, 1.165) is 29.1 Å². The first-order valence-electron chi connectivity index (χ1n) is 8.71. The Morgan fingerprint density at radius 3 is 2.96 bits per heavy atom. The molecule has 0 atom stereocenters. The Kier molecular flexibility index (Phi) is 4.16. The molecule has 0 radical (unpaired) electrons. The molecule has 0 fully saturated rings. The average molecular weight is 353 g/mol. The van der Waals surface area contributed by atoms with E-state index < -0.39 is 5.82 Å². The number of rotatable bonds is 3. The highest BCUT2D eigenvalue weighted by Crippen LogP contribution is 2.23. The van der Waals surface area contributed by atoms with Crippen LogP contribution in [0.5, 0.6) is 0 Å². The fourth-order valence-electron chi connectivity index (χ4n) is 3.36. The molecule has 1 aliphatic heterocycles. The molecule has 1 aromatic carbocycles. The van der Waals surface area contributed by atoms with Crippen molar-refractivity contribution in [3.8, 4) is 0 Å². The van der Waals surface area contributed by atoms with Crippen LogP contribution in [0, 0.1) is 5.82 Å². The summed E-state index contributed by atoms with van der Waals surface area (Å²) in [4.78, 5) is 12.8. The van der Waals surface area contributed by atoms with Gasteiger partial charge >= 0.3 is 0 Å². The van der Waals surface area contributed by atoms with Crippen LogP contribution in [0.4, 0.5) is 10.1 Å². The van der Waals surface area contributed by atoms with Crippen molar-refractivity contribution in [1.29, 1.82) is 0 Å². The van der Waals surface area contributed by atoms with Gasteiger partial charge in [-0.3, -0.25) is 9.20 Å². The number of hydrogen-bond donors (Lipinski definition) is 2. The van der Waals surface area contributed by atoms with Crippen LogP contribution in [0.15, 0.2) is 30.5 Å². The summed E-state index contributed by atoms with van der Waals surface area (Å²) in [6.07, 6.45) is 2.51. The maximum absolute atomic E-state index is 13.9. The van der Waals surface area contributed by atoms with Gasteiger partial charge in [-0.15, -0.1) is 10.2 Å². The fraction of sp³-hybridized carbons (Fsp3) is 0.316. The molecule has 3 heterocycles. The number of aromatic nitrogens is 3. The zero-order valence-electron chi connectivity index (χ0n) is 14.7.